The highest BCUT2D eigenvalue weighted by atomic mass is 15.2. The molecule has 2 saturated carbocycles. The van der Waals surface area contributed by atoms with Gasteiger partial charge in [-0.3, -0.25) is 0 Å². The van der Waals surface area contributed by atoms with Gasteiger partial charge in [0, 0.05) is 19.1 Å². The first-order valence-corrected chi connectivity index (χ1v) is 6.81. The molecule has 15 heavy (non-hydrogen) atoms. The summed E-state index contributed by atoms with van der Waals surface area (Å²) >= 11 is 0. The molecule has 3 unspecified atom stereocenters. The number of hydrogen-bond donors (Lipinski definition) is 1. The molecule has 0 aromatic heterocycles. The minimum absolute atomic E-state index is 0.509. The van der Waals surface area contributed by atoms with E-state index in [2.05, 4.69) is 4.90 Å². The van der Waals surface area contributed by atoms with Crippen LogP contribution in [0, 0.1) is 17.8 Å². The second kappa shape index (κ2) is 4.06. The zero-order valence-corrected chi connectivity index (χ0v) is 9.70. The second-order valence-corrected chi connectivity index (χ2v) is 6.01. The molecule has 0 aromatic rings. The highest BCUT2D eigenvalue weighted by Crippen LogP contribution is 2.37. The van der Waals surface area contributed by atoms with E-state index >= 15 is 0 Å². The number of likely N-dealkylation sites (tertiary alicyclic amines) is 1. The van der Waals surface area contributed by atoms with Gasteiger partial charge in [0.2, 0.25) is 0 Å². The number of nitrogens with two attached hydrogens (primary N) is 1. The smallest absolute Gasteiger partial charge is 0.00825 e. The Balaban J connectivity index is 1.51. The van der Waals surface area contributed by atoms with Crippen LogP contribution in [0.1, 0.15) is 38.5 Å². The third-order valence-corrected chi connectivity index (χ3v) is 4.78. The lowest BCUT2D eigenvalue weighted by Crippen LogP contribution is -2.38. The van der Waals surface area contributed by atoms with Crippen molar-refractivity contribution in [1.29, 1.82) is 0 Å². The predicted molar refractivity (Wildman–Crippen MR) is 62.6 cm³/mol. The van der Waals surface area contributed by atoms with Crippen LogP contribution in [0.5, 0.6) is 0 Å². The van der Waals surface area contributed by atoms with Crippen molar-refractivity contribution >= 4 is 0 Å². The molecule has 1 saturated heterocycles. The second-order valence-electron chi connectivity index (χ2n) is 6.01. The van der Waals surface area contributed by atoms with E-state index in [1.54, 1.807) is 0 Å². The molecule has 0 spiro atoms. The quantitative estimate of drug-likeness (QED) is 0.767. The summed E-state index contributed by atoms with van der Waals surface area (Å²) in [6.07, 6.45) is 8.55. The molecule has 0 aromatic carbocycles. The molecule has 3 fully saturated rings. The molecule has 2 nitrogen and oxygen atoms in total. The van der Waals surface area contributed by atoms with Crippen molar-refractivity contribution in [3.8, 4) is 0 Å². The van der Waals surface area contributed by atoms with Crippen LogP contribution in [0.25, 0.3) is 0 Å². The van der Waals surface area contributed by atoms with Crippen LogP contribution in [-0.2, 0) is 0 Å². The van der Waals surface area contributed by atoms with E-state index in [0.717, 1.165) is 17.8 Å². The fraction of sp³-hybridized carbons (Fsp3) is 1.00. The highest BCUT2D eigenvalue weighted by molar-refractivity contribution is 4.93. The molecule has 3 atom stereocenters. The summed E-state index contributed by atoms with van der Waals surface area (Å²) in [5.41, 5.74) is 6.22. The zero-order chi connectivity index (χ0) is 10.3. The van der Waals surface area contributed by atoms with E-state index in [9.17, 15) is 0 Å². The Kier molecular flexibility index (Phi) is 2.73. The summed E-state index contributed by atoms with van der Waals surface area (Å²) in [5.74, 6) is 2.85. The topological polar surface area (TPSA) is 29.3 Å². The number of fused-ring (bicyclic) bond motifs is 1. The number of nitrogens with zero attached hydrogens (tertiary/aromatic N) is 1. The Morgan fingerprint density at radius 1 is 1.07 bits per heavy atom. The van der Waals surface area contributed by atoms with Crippen molar-refractivity contribution in [1.82, 2.24) is 4.90 Å². The van der Waals surface area contributed by atoms with Crippen LogP contribution in [-0.4, -0.2) is 30.6 Å². The van der Waals surface area contributed by atoms with Crippen LogP contribution in [0.2, 0.25) is 0 Å². The van der Waals surface area contributed by atoms with Crippen LogP contribution in [0.15, 0.2) is 0 Å². The standard InChI is InChI=1S/C13H24N2/c14-13-3-1-2-11-8-15(9-12(11)13)7-6-10-4-5-10/h10-13H,1-9,14H2. The molecule has 2 aliphatic carbocycles. The molecule has 1 aliphatic heterocycles. The van der Waals surface area contributed by atoms with Gasteiger partial charge in [-0.05, 0) is 43.6 Å². The van der Waals surface area contributed by atoms with E-state index < -0.39 is 0 Å². The van der Waals surface area contributed by atoms with Gasteiger partial charge < -0.3 is 10.6 Å². The maximum Gasteiger partial charge on any atom is 0.00825 e. The zero-order valence-electron chi connectivity index (χ0n) is 9.70. The fourth-order valence-corrected chi connectivity index (χ4v) is 3.56. The molecule has 2 heteroatoms. The van der Waals surface area contributed by atoms with Crippen LogP contribution in [0.3, 0.4) is 0 Å². The maximum atomic E-state index is 6.22. The summed E-state index contributed by atoms with van der Waals surface area (Å²) in [6.45, 7) is 4.01. The van der Waals surface area contributed by atoms with Crippen LogP contribution >= 0.6 is 0 Å². The first-order valence-electron chi connectivity index (χ1n) is 6.81. The first-order chi connectivity index (χ1) is 7.33. The normalized spacial score (nSPS) is 41.8. The SMILES string of the molecule is NC1CCCC2CN(CCC3CC3)CC12. The van der Waals surface area contributed by atoms with Gasteiger partial charge >= 0.3 is 0 Å². The van der Waals surface area contributed by atoms with Gasteiger partial charge in [0.15, 0.2) is 0 Å². The van der Waals surface area contributed by atoms with Crippen molar-refractivity contribution in [3.63, 3.8) is 0 Å². The Morgan fingerprint density at radius 2 is 1.93 bits per heavy atom. The lowest BCUT2D eigenvalue weighted by Gasteiger charge is -2.29. The Bertz CT molecular complexity index is 225. The molecule has 3 aliphatic rings. The van der Waals surface area contributed by atoms with Gasteiger partial charge in [-0.25, -0.2) is 0 Å². The number of rotatable bonds is 3. The van der Waals surface area contributed by atoms with Gasteiger partial charge in [0.1, 0.15) is 0 Å². The summed E-state index contributed by atoms with van der Waals surface area (Å²) in [5, 5.41) is 0. The predicted octanol–water partition coefficient (Wildman–Crippen LogP) is 1.85. The van der Waals surface area contributed by atoms with Crippen molar-refractivity contribution in [2.75, 3.05) is 19.6 Å². The minimum atomic E-state index is 0.509. The first kappa shape index (κ1) is 10.1. The molecule has 0 radical (unpaired) electrons. The van der Waals surface area contributed by atoms with Crippen molar-refractivity contribution < 1.29 is 0 Å². The third kappa shape index (κ3) is 2.21. The van der Waals surface area contributed by atoms with Crippen molar-refractivity contribution in [2.24, 2.45) is 23.5 Å². The number of hydrogen-bond acceptors (Lipinski definition) is 2. The third-order valence-electron chi connectivity index (χ3n) is 4.78. The Labute approximate surface area is 93.2 Å². The van der Waals surface area contributed by atoms with Gasteiger partial charge in [-0.2, -0.15) is 0 Å². The summed E-state index contributed by atoms with van der Waals surface area (Å²) in [6, 6.07) is 0.509. The molecule has 2 N–H and O–H groups in total. The lowest BCUT2D eigenvalue weighted by molar-refractivity contribution is 0.259. The lowest BCUT2D eigenvalue weighted by atomic mass is 9.78. The van der Waals surface area contributed by atoms with Gasteiger partial charge in [0.05, 0.1) is 0 Å². The van der Waals surface area contributed by atoms with Gasteiger partial charge in [0.25, 0.3) is 0 Å². The van der Waals surface area contributed by atoms with Gasteiger partial charge in [-0.1, -0.05) is 19.3 Å². The molecule has 1 heterocycles. The maximum absolute atomic E-state index is 6.22. The molecule has 0 bridgehead atoms. The molecule has 3 rings (SSSR count). The fourth-order valence-electron chi connectivity index (χ4n) is 3.56. The van der Waals surface area contributed by atoms with Crippen molar-refractivity contribution in [3.05, 3.63) is 0 Å². The van der Waals surface area contributed by atoms with Crippen molar-refractivity contribution in [2.45, 2.75) is 44.6 Å². The molecule has 0 amide bonds. The van der Waals surface area contributed by atoms with E-state index in [-0.39, 0.29) is 0 Å². The average Bonchev–Trinajstić information content (AvgIpc) is 2.95. The largest absolute Gasteiger partial charge is 0.327 e. The highest BCUT2D eigenvalue weighted by Gasteiger charge is 2.38. The van der Waals surface area contributed by atoms with E-state index in [1.807, 2.05) is 0 Å². The monoisotopic (exact) mass is 208 g/mol. The van der Waals surface area contributed by atoms with E-state index in [4.69, 9.17) is 5.73 Å². The van der Waals surface area contributed by atoms with E-state index in [0.29, 0.717) is 6.04 Å². The Morgan fingerprint density at radius 3 is 2.67 bits per heavy atom. The molecule has 86 valence electrons. The van der Waals surface area contributed by atoms with E-state index in [1.165, 1.54) is 58.2 Å². The summed E-state index contributed by atoms with van der Waals surface area (Å²) in [4.78, 5) is 2.69. The Hall–Kier alpha value is -0.0800. The average molecular weight is 208 g/mol. The van der Waals surface area contributed by atoms with Crippen LogP contribution < -0.4 is 5.73 Å². The van der Waals surface area contributed by atoms with Crippen LogP contribution in [0.4, 0.5) is 0 Å². The minimum Gasteiger partial charge on any atom is -0.327 e. The molecular formula is C13H24N2. The molecular weight excluding hydrogens is 184 g/mol. The summed E-state index contributed by atoms with van der Waals surface area (Å²) < 4.78 is 0. The summed E-state index contributed by atoms with van der Waals surface area (Å²) in [7, 11) is 0. The van der Waals surface area contributed by atoms with Gasteiger partial charge in [-0.15, -0.1) is 0 Å².